The van der Waals surface area contributed by atoms with E-state index >= 15 is 0 Å². The predicted molar refractivity (Wildman–Crippen MR) is 75.2 cm³/mol. The van der Waals surface area contributed by atoms with Gasteiger partial charge in [0.05, 0.1) is 11.8 Å². The van der Waals surface area contributed by atoms with Gasteiger partial charge in [-0.25, -0.2) is 21.9 Å². The largest absolute Gasteiger partial charge is 0.396 e. The minimum Gasteiger partial charge on any atom is -0.396 e. The number of hydrogen-bond acceptors (Lipinski definition) is 5. The molecular weight excluding hydrogens is 322 g/mol. The quantitative estimate of drug-likeness (QED) is 0.725. The smallest absolute Gasteiger partial charge is 0.243 e. The van der Waals surface area contributed by atoms with Crippen LogP contribution in [0.25, 0.3) is 0 Å². The Kier molecular flexibility index (Phi) is 4.57. The lowest BCUT2D eigenvalue weighted by molar-refractivity contribution is 0.182. The number of aliphatic hydroxyl groups excluding tert-OH is 1. The first-order valence-corrected chi connectivity index (χ1v) is 8.18. The van der Waals surface area contributed by atoms with Crippen LogP contribution in [0.1, 0.15) is 11.7 Å². The molecule has 0 radical (unpaired) electrons. The predicted octanol–water partition coefficient (Wildman–Crippen LogP) is 1.62. The van der Waals surface area contributed by atoms with Crippen LogP contribution in [0.15, 0.2) is 33.9 Å². The Bertz CT molecular complexity index is 733. The van der Waals surface area contributed by atoms with Gasteiger partial charge in [0.1, 0.15) is 16.5 Å². The number of nitrogens with one attached hydrogen (secondary N) is 1. The van der Waals surface area contributed by atoms with E-state index in [1.165, 1.54) is 11.3 Å². The number of nitrogen functional groups attached to an aromatic ring is 1. The molecule has 0 aliphatic rings. The standard InChI is InChI=1S/C12H12F2N2O3S2/c13-8-3-9(14)12(4-10(8)15)21(18,19)16-5-11(17)7-1-2-20-6-7/h1-4,6,11,16-17H,5,15H2. The van der Waals surface area contributed by atoms with Crippen molar-refractivity contribution < 1.29 is 22.3 Å². The molecule has 1 aromatic heterocycles. The van der Waals surface area contributed by atoms with Gasteiger partial charge in [-0.05, 0) is 28.5 Å². The van der Waals surface area contributed by atoms with Crippen LogP contribution in [0.2, 0.25) is 0 Å². The zero-order valence-corrected chi connectivity index (χ0v) is 12.2. The van der Waals surface area contributed by atoms with Crippen molar-refractivity contribution in [3.63, 3.8) is 0 Å². The van der Waals surface area contributed by atoms with Gasteiger partial charge in [-0.3, -0.25) is 0 Å². The average molecular weight is 334 g/mol. The van der Waals surface area contributed by atoms with Gasteiger partial charge in [0, 0.05) is 12.6 Å². The zero-order valence-electron chi connectivity index (χ0n) is 10.6. The highest BCUT2D eigenvalue weighted by molar-refractivity contribution is 7.89. The molecule has 1 unspecified atom stereocenters. The Morgan fingerprint density at radius 3 is 2.67 bits per heavy atom. The highest BCUT2D eigenvalue weighted by atomic mass is 32.2. The second-order valence-electron chi connectivity index (χ2n) is 4.23. The number of anilines is 1. The molecule has 0 amide bonds. The van der Waals surface area contributed by atoms with Gasteiger partial charge in [0.2, 0.25) is 10.0 Å². The SMILES string of the molecule is Nc1cc(S(=O)(=O)NCC(O)c2ccsc2)c(F)cc1F. The molecule has 5 nitrogen and oxygen atoms in total. The van der Waals surface area contributed by atoms with E-state index in [-0.39, 0.29) is 6.54 Å². The lowest BCUT2D eigenvalue weighted by Crippen LogP contribution is -2.29. The maximum absolute atomic E-state index is 13.5. The Balaban J connectivity index is 2.17. The Hall–Kier alpha value is -1.55. The lowest BCUT2D eigenvalue weighted by atomic mass is 10.2. The molecule has 0 saturated carbocycles. The van der Waals surface area contributed by atoms with E-state index in [4.69, 9.17) is 5.73 Å². The van der Waals surface area contributed by atoms with Gasteiger partial charge in [-0.15, -0.1) is 0 Å². The van der Waals surface area contributed by atoms with Gasteiger partial charge < -0.3 is 10.8 Å². The van der Waals surface area contributed by atoms with Gasteiger partial charge in [0.15, 0.2) is 0 Å². The van der Waals surface area contributed by atoms with Crippen LogP contribution in [0, 0.1) is 11.6 Å². The number of aliphatic hydroxyl groups is 1. The summed E-state index contributed by atoms with van der Waals surface area (Å²) in [6, 6.07) is 2.74. The summed E-state index contributed by atoms with van der Waals surface area (Å²) >= 11 is 1.35. The van der Waals surface area contributed by atoms with E-state index in [0.29, 0.717) is 17.7 Å². The van der Waals surface area contributed by atoms with E-state index in [2.05, 4.69) is 4.72 Å². The second kappa shape index (κ2) is 6.06. The molecule has 0 saturated heterocycles. The Morgan fingerprint density at radius 2 is 2.05 bits per heavy atom. The summed E-state index contributed by atoms with van der Waals surface area (Å²) in [6.07, 6.45) is -1.06. The first-order chi connectivity index (χ1) is 9.81. The van der Waals surface area contributed by atoms with E-state index in [1.54, 1.807) is 16.8 Å². The molecule has 1 heterocycles. The zero-order chi connectivity index (χ0) is 15.6. The molecule has 4 N–H and O–H groups in total. The monoisotopic (exact) mass is 334 g/mol. The second-order valence-corrected chi connectivity index (χ2v) is 6.74. The van der Waals surface area contributed by atoms with Crippen LogP contribution in [0.4, 0.5) is 14.5 Å². The van der Waals surface area contributed by atoms with Crippen LogP contribution < -0.4 is 10.5 Å². The molecule has 0 aliphatic heterocycles. The summed E-state index contributed by atoms with van der Waals surface area (Å²) in [4.78, 5) is -0.765. The van der Waals surface area contributed by atoms with Crippen molar-refractivity contribution in [2.75, 3.05) is 12.3 Å². The topological polar surface area (TPSA) is 92.4 Å². The molecule has 9 heteroatoms. The minimum absolute atomic E-state index is 0.338. The van der Waals surface area contributed by atoms with Crippen LogP contribution in [-0.2, 0) is 10.0 Å². The van der Waals surface area contributed by atoms with Crippen molar-refractivity contribution in [1.29, 1.82) is 0 Å². The molecule has 0 spiro atoms. The molecule has 1 aromatic carbocycles. The molecule has 21 heavy (non-hydrogen) atoms. The fraction of sp³-hybridized carbons (Fsp3) is 0.167. The van der Waals surface area contributed by atoms with Crippen molar-refractivity contribution in [2.45, 2.75) is 11.0 Å². The highest BCUT2D eigenvalue weighted by Crippen LogP contribution is 2.21. The van der Waals surface area contributed by atoms with Gasteiger partial charge in [-0.1, -0.05) is 0 Å². The molecule has 1 atom stereocenters. The average Bonchev–Trinajstić information content (AvgIpc) is 2.94. The summed E-state index contributed by atoms with van der Waals surface area (Å²) < 4.78 is 52.5. The van der Waals surface area contributed by atoms with Crippen LogP contribution >= 0.6 is 11.3 Å². The maximum Gasteiger partial charge on any atom is 0.243 e. The molecule has 2 aromatic rings. The van der Waals surface area contributed by atoms with E-state index < -0.39 is 38.3 Å². The van der Waals surface area contributed by atoms with Crippen molar-refractivity contribution in [3.8, 4) is 0 Å². The van der Waals surface area contributed by atoms with Crippen molar-refractivity contribution in [1.82, 2.24) is 4.72 Å². The normalized spacial score (nSPS) is 13.3. The maximum atomic E-state index is 13.5. The number of sulfonamides is 1. The fourth-order valence-corrected chi connectivity index (χ4v) is 3.44. The Morgan fingerprint density at radius 1 is 1.33 bits per heavy atom. The fourth-order valence-electron chi connectivity index (χ4n) is 1.60. The lowest BCUT2D eigenvalue weighted by Gasteiger charge is -2.12. The summed E-state index contributed by atoms with van der Waals surface area (Å²) in [7, 11) is -4.24. The number of hydrogen-bond donors (Lipinski definition) is 3. The van der Waals surface area contributed by atoms with Crippen LogP contribution in [0.3, 0.4) is 0 Å². The summed E-state index contributed by atoms with van der Waals surface area (Å²) in [5.74, 6) is -2.29. The van der Waals surface area contributed by atoms with Gasteiger partial charge in [0.25, 0.3) is 0 Å². The first-order valence-electron chi connectivity index (χ1n) is 5.75. The molecular formula is C12H12F2N2O3S2. The van der Waals surface area contributed by atoms with Gasteiger partial charge >= 0.3 is 0 Å². The summed E-state index contributed by atoms with van der Waals surface area (Å²) in [6.45, 7) is -0.338. The van der Waals surface area contributed by atoms with E-state index in [0.717, 1.165) is 0 Å². The van der Waals surface area contributed by atoms with E-state index in [9.17, 15) is 22.3 Å². The number of halogens is 2. The molecule has 114 valence electrons. The third kappa shape index (κ3) is 3.56. The van der Waals surface area contributed by atoms with Crippen LogP contribution in [-0.4, -0.2) is 20.1 Å². The third-order valence-corrected chi connectivity index (χ3v) is 4.88. The number of thiophene rings is 1. The van der Waals surface area contributed by atoms with E-state index in [1.807, 2.05) is 0 Å². The minimum atomic E-state index is -4.24. The third-order valence-electron chi connectivity index (χ3n) is 2.74. The first kappa shape index (κ1) is 15.8. The summed E-state index contributed by atoms with van der Waals surface area (Å²) in [5.41, 5.74) is 5.30. The summed E-state index contributed by atoms with van der Waals surface area (Å²) in [5, 5.41) is 13.2. The van der Waals surface area contributed by atoms with Crippen LogP contribution in [0.5, 0.6) is 0 Å². The molecule has 0 bridgehead atoms. The number of rotatable bonds is 5. The molecule has 0 fully saturated rings. The molecule has 2 rings (SSSR count). The van der Waals surface area contributed by atoms with Crippen molar-refractivity contribution in [3.05, 3.63) is 46.2 Å². The number of nitrogens with two attached hydrogens (primary N) is 1. The van der Waals surface area contributed by atoms with Crippen molar-refractivity contribution >= 4 is 27.0 Å². The highest BCUT2D eigenvalue weighted by Gasteiger charge is 2.22. The Labute approximate surface area is 124 Å². The van der Waals surface area contributed by atoms with Gasteiger partial charge in [-0.2, -0.15) is 11.3 Å². The number of benzene rings is 1. The molecule has 0 aliphatic carbocycles. The van der Waals surface area contributed by atoms with Crippen molar-refractivity contribution in [2.24, 2.45) is 0 Å².